The number of rotatable bonds is 5. The van der Waals surface area contributed by atoms with Gasteiger partial charge in [-0.1, -0.05) is 26.7 Å². The molecule has 0 amide bonds. The molecule has 2 aliphatic heterocycles. The number of pyridine rings is 1. The summed E-state index contributed by atoms with van der Waals surface area (Å²) in [4.78, 5) is 24.8. The maximum atomic E-state index is 12.7. The number of ether oxygens (including phenoxy) is 2. The molecule has 0 N–H and O–H groups in total. The number of hydrogen-bond acceptors (Lipinski definition) is 4. The molecule has 2 aromatic rings. The molecule has 164 valence electrons. The standard InChI is InChI=1S/C26H31NO4/c1-15(2)21-10-18-11-24(31-14-17-6-4-5-7-17)26-19(8-9-30-26)25(18)22-12-23(29)20(16(3)28)13-27(21)22/h11-13,15,17,21H,4-10,14H2,1-3H3/t21-/m0/s1. The lowest BCUT2D eigenvalue weighted by Crippen LogP contribution is -2.28. The lowest BCUT2D eigenvalue weighted by molar-refractivity contribution is 0.101. The van der Waals surface area contributed by atoms with E-state index < -0.39 is 0 Å². The number of fused-ring (bicyclic) bond motifs is 5. The summed E-state index contributed by atoms with van der Waals surface area (Å²) in [7, 11) is 0. The lowest BCUT2D eigenvalue weighted by Gasteiger charge is -2.34. The first-order valence-corrected chi connectivity index (χ1v) is 11.7. The SMILES string of the molecule is CC(=O)c1cn2c(cc1=O)-c1c(cc(OCC3CCCC3)c3c1CCO3)C[C@H]2C(C)C. The van der Waals surface area contributed by atoms with E-state index >= 15 is 0 Å². The molecular weight excluding hydrogens is 390 g/mol. The van der Waals surface area contributed by atoms with Crippen LogP contribution in [0.4, 0.5) is 0 Å². The van der Waals surface area contributed by atoms with Crippen molar-refractivity contribution >= 4 is 5.78 Å². The summed E-state index contributed by atoms with van der Waals surface area (Å²) < 4.78 is 14.5. The Labute approximate surface area is 183 Å². The van der Waals surface area contributed by atoms with Crippen molar-refractivity contribution in [3.05, 3.63) is 45.2 Å². The number of ketones is 1. The predicted octanol–water partition coefficient (Wildman–Crippen LogP) is 4.98. The van der Waals surface area contributed by atoms with Crippen LogP contribution in [-0.4, -0.2) is 23.6 Å². The van der Waals surface area contributed by atoms with Crippen molar-refractivity contribution in [3.8, 4) is 22.8 Å². The van der Waals surface area contributed by atoms with E-state index in [0.29, 0.717) is 18.4 Å². The van der Waals surface area contributed by atoms with Crippen LogP contribution in [0, 0.1) is 11.8 Å². The number of nitrogens with zero attached hydrogens (tertiary/aromatic N) is 1. The summed E-state index contributed by atoms with van der Waals surface area (Å²) in [5.74, 6) is 2.52. The fraction of sp³-hybridized carbons (Fsp3) is 0.538. The lowest BCUT2D eigenvalue weighted by atomic mass is 9.84. The maximum absolute atomic E-state index is 12.7. The number of benzene rings is 1. The first-order chi connectivity index (χ1) is 14.9. The number of aromatic nitrogens is 1. The average molecular weight is 422 g/mol. The molecular formula is C26H31NO4. The molecule has 5 nitrogen and oxygen atoms in total. The molecule has 1 atom stereocenters. The second-order valence-electron chi connectivity index (χ2n) is 9.69. The normalized spacial score (nSPS) is 19.7. The van der Waals surface area contributed by atoms with Gasteiger partial charge >= 0.3 is 0 Å². The van der Waals surface area contributed by atoms with Crippen LogP contribution in [0.15, 0.2) is 23.1 Å². The van der Waals surface area contributed by atoms with Gasteiger partial charge in [-0.3, -0.25) is 9.59 Å². The van der Waals surface area contributed by atoms with E-state index in [2.05, 4.69) is 24.5 Å². The number of Topliss-reactive ketones (excluding diaryl/α,β-unsaturated/α-hetero) is 1. The first-order valence-electron chi connectivity index (χ1n) is 11.7. The average Bonchev–Trinajstić information content (AvgIpc) is 3.42. The first kappa shape index (κ1) is 20.3. The van der Waals surface area contributed by atoms with Gasteiger partial charge in [-0.15, -0.1) is 0 Å². The Morgan fingerprint density at radius 2 is 2.03 bits per heavy atom. The third-order valence-electron chi connectivity index (χ3n) is 7.24. The molecule has 0 saturated heterocycles. The molecule has 1 saturated carbocycles. The van der Waals surface area contributed by atoms with Crippen LogP contribution in [0.1, 0.15) is 74.0 Å². The van der Waals surface area contributed by atoms with Crippen LogP contribution in [0.2, 0.25) is 0 Å². The molecule has 5 heteroatoms. The summed E-state index contributed by atoms with van der Waals surface area (Å²) in [6, 6.07) is 3.99. The summed E-state index contributed by atoms with van der Waals surface area (Å²) in [5, 5.41) is 0. The summed E-state index contributed by atoms with van der Waals surface area (Å²) in [6.07, 6.45) is 8.55. The zero-order chi connectivity index (χ0) is 21.7. The van der Waals surface area contributed by atoms with Crippen LogP contribution >= 0.6 is 0 Å². The fourth-order valence-electron chi connectivity index (χ4n) is 5.55. The van der Waals surface area contributed by atoms with Crippen LogP contribution in [0.3, 0.4) is 0 Å². The highest BCUT2D eigenvalue weighted by Crippen LogP contribution is 2.48. The quantitative estimate of drug-likeness (QED) is 0.639. The molecule has 1 fully saturated rings. The fourth-order valence-corrected chi connectivity index (χ4v) is 5.55. The Morgan fingerprint density at radius 3 is 2.74 bits per heavy atom. The van der Waals surface area contributed by atoms with E-state index in [1.807, 2.05) is 0 Å². The van der Waals surface area contributed by atoms with E-state index in [4.69, 9.17) is 9.47 Å². The maximum Gasteiger partial charge on any atom is 0.192 e. The molecule has 3 aliphatic rings. The Bertz CT molecular complexity index is 1090. The van der Waals surface area contributed by atoms with Crippen LogP contribution in [0.5, 0.6) is 11.5 Å². The highest BCUT2D eigenvalue weighted by Gasteiger charge is 2.33. The monoisotopic (exact) mass is 421 g/mol. The zero-order valence-electron chi connectivity index (χ0n) is 18.7. The molecule has 0 spiro atoms. The van der Waals surface area contributed by atoms with Gasteiger partial charge in [0.2, 0.25) is 0 Å². The van der Waals surface area contributed by atoms with Gasteiger partial charge in [0.15, 0.2) is 22.7 Å². The number of carbonyl (C=O) groups excluding carboxylic acids is 1. The Kier molecular flexibility index (Phi) is 5.15. The molecule has 0 unspecified atom stereocenters. The third-order valence-corrected chi connectivity index (χ3v) is 7.24. The van der Waals surface area contributed by atoms with E-state index in [1.165, 1.54) is 38.2 Å². The molecule has 1 aromatic carbocycles. The van der Waals surface area contributed by atoms with E-state index in [-0.39, 0.29) is 22.8 Å². The van der Waals surface area contributed by atoms with E-state index in [1.54, 1.807) is 12.3 Å². The van der Waals surface area contributed by atoms with Gasteiger partial charge in [0.05, 0.1) is 24.5 Å². The highest BCUT2D eigenvalue weighted by molar-refractivity contribution is 5.94. The van der Waals surface area contributed by atoms with Gasteiger partial charge in [0.25, 0.3) is 0 Å². The van der Waals surface area contributed by atoms with Crippen molar-refractivity contribution in [2.75, 3.05) is 13.2 Å². The van der Waals surface area contributed by atoms with Gasteiger partial charge in [-0.2, -0.15) is 0 Å². The molecule has 0 radical (unpaired) electrons. The summed E-state index contributed by atoms with van der Waals surface area (Å²) >= 11 is 0. The van der Waals surface area contributed by atoms with Crippen molar-refractivity contribution < 1.29 is 14.3 Å². The largest absolute Gasteiger partial charge is 0.489 e. The second-order valence-corrected chi connectivity index (χ2v) is 9.69. The minimum absolute atomic E-state index is 0.183. The second kappa shape index (κ2) is 7.85. The Morgan fingerprint density at radius 1 is 1.26 bits per heavy atom. The van der Waals surface area contributed by atoms with Crippen molar-refractivity contribution in [1.82, 2.24) is 4.57 Å². The molecule has 3 heterocycles. The van der Waals surface area contributed by atoms with Gasteiger partial charge < -0.3 is 14.0 Å². The van der Waals surface area contributed by atoms with E-state index in [0.717, 1.165) is 47.8 Å². The molecule has 0 bridgehead atoms. The molecule has 31 heavy (non-hydrogen) atoms. The smallest absolute Gasteiger partial charge is 0.192 e. The van der Waals surface area contributed by atoms with Gasteiger partial charge in [0.1, 0.15) is 0 Å². The molecule has 5 rings (SSSR count). The topological polar surface area (TPSA) is 57.5 Å². The number of hydrogen-bond donors (Lipinski definition) is 0. The van der Waals surface area contributed by atoms with Gasteiger partial charge in [-0.05, 0) is 49.7 Å². The number of carbonyl (C=O) groups is 1. The van der Waals surface area contributed by atoms with Crippen LogP contribution < -0.4 is 14.9 Å². The van der Waals surface area contributed by atoms with Crippen molar-refractivity contribution in [1.29, 1.82) is 0 Å². The van der Waals surface area contributed by atoms with Crippen LogP contribution in [-0.2, 0) is 12.8 Å². The van der Waals surface area contributed by atoms with Crippen molar-refractivity contribution in [2.45, 2.75) is 65.3 Å². The van der Waals surface area contributed by atoms with Gasteiger partial charge in [0, 0.05) is 35.9 Å². The Hall–Kier alpha value is -2.56. The highest BCUT2D eigenvalue weighted by atomic mass is 16.5. The van der Waals surface area contributed by atoms with Crippen LogP contribution in [0.25, 0.3) is 11.3 Å². The summed E-state index contributed by atoms with van der Waals surface area (Å²) in [5.41, 5.74) is 4.43. The minimum Gasteiger partial charge on any atom is -0.489 e. The Balaban J connectivity index is 1.63. The van der Waals surface area contributed by atoms with Crippen molar-refractivity contribution in [3.63, 3.8) is 0 Å². The van der Waals surface area contributed by atoms with Crippen molar-refractivity contribution in [2.24, 2.45) is 11.8 Å². The molecule has 1 aliphatic carbocycles. The molecule has 1 aromatic heterocycles. The summed E-state index contributed by atoms with van der Waals surface area (Å²) in [6.45, 7) is 7.23. The predicted molar refractivity (Wildman–Crippen MR) is 120 cm³/mol. The third kappa shape index (κ3) is 3.48. The zero-order valence-corrected chi connectivity index (χ0v) is 18.7. The van der Waals surface area contributed by atoms with Gasteiger partial charge in [-0.25, -0.2) is 0 Å². The van der Waals surface area contributed by atoms with E-state index in [9.17, 15) is 9.59 Å². The minimum atomic E-state index is -0.205.